The van der Waals surface area contributed by atoms with Gasteiger partial charge in [0.15, 0.2) is 0 Å². The molecule has 0 aliphatic heterocycles. The first-order chi connectivity index (χ1) is 8.09. The van der Waals surface area contributed by atoms with E-state index in [0.717, 1.165) is 0 Å². The molecule has 1 atom stereocenters. The lowest BCUT2D eigenvalue weighted by atomic mass is 10.3. The minimum absolute atomic E-state index is 0.540. The maximum atomic E-state index is 12.5. The number of anilines is 1. The van der Waals surface area contributed by atoms with Crippen molar-refractivity contribution < 1.29 is 4.21 Å². The van der Waals surface area contributed by atoms with Crippen LogP contribution in [-0.4, -0.2) is 10.5 Å². The van der Waals surface area contributed by atoms with Crippen LogP contribution in [0.1, 0.15) is 0 Å². The molecule has 0 saturated heterocycles. The number of benzene rings is 2. The third-order valence-corrected chi connectivity index (χ3v) is 4.08. The first-order valence-corrected chi connectivity index (χ1v) is 7.14. The summed E-state index contributed by atoms with van der Waals surface area (Å²) < 4.78 is 16.8. The van der Waals surface area contributed by atoms with Crippen molar-refractivity contribution in [3.8, 4) is 0 Å². The Bertz CT molecular complexity index is 629. The number of nitrogens with zero attached hydrogens (tertiary/aromatic N) is 1. The van der Waals surface area contributed by atoms with E-state index < -0.39 is 9.73 Å². The second kappa shape index (κ2) is 4.59. The van der Waals surface area contributed by atoms with Crippen molar-refractivity contribution in [2.24, 2.45) is 4.36 Å². The Kier molecular flexibility index (Phi) is 3.15. The normalized spacial score (nSPS) is 13.9. The number of nitrogen functional groups attached to an aromatic ring is 1. The van der Waals surface area contributed by atoms with Crippen molar-refractivity contribution >= 4 is 21.1 Å². The molecule has 0 saturated carbocycles. The van der Waals surface area contributed by atoms with Crippen LogP contribution in [0, 0.1) is 0 Å². The van der Waals surface area contributed by atoms with Crippen molar-refractivity contribution in [2.45, 2.75) is 4.90 Å². The highest BCUT2D eigenvalue weighted by molar-refractivity contribution is 7.93. The summed E-state index contributed by atoms with van der Waals surface area (Å²) in [4.78, 5) is 0.711. The molecule has 0 aliphatic rings. The summed E-state index contributed by atoms with van der Waals surface area (Å²) in [6, 6.07) is 16.4. The van der Waals surface area contributed by atoms with Crippen LogP contribution < -0.4 is 5.73 Å². The van der Waals surface area contributed by atoms with E-state index in [1.165, 1.54) is 0 Å². The van der Waals surface area contributed by atoms with Gasteiger partial charge in [-0.3, -0.25) is 0 Å². The van der Waals surface area contributed by atoms with E-state index >= 15 is 0 Å². The van der Waals surface area contributed by atoms with Crippen LogP contribution in [0.2, 0.25) is 0 Å². The Hall–Kier alpha value is -1.81. The predicted molar refractivity (Wildman–Crippen MR) is 71.7 cm³/mol. The molecule has 0 radical (unpaired) electrons. The third-order valence-electron chi connectivity index (χ3n) is 2.39. The first kappa shape index (κ1) is 11.7. The van der Waals surface area contributed by atoms with E-state index in [1.807, 2.05) is 42.5 Å². The van der Waals surface area contributed by atoms with Gasteiger partial charge in [-0.1, -0.05) is 30.3 Å². The number of hydrogen-bond acceptors (Lipinski definition) is 3. The van der Waals surface area contributed by atoms with E-state index in [9.17, 15) is 4.21 Å². The van der Waals surface area contributed by atoms with Crippen molar-refractivity contribution in [1.82, 2.24) is 0 Å². The van der Waals surface area contributed by atoms with Gasteiger partial charge >= 0.3 is 0 Å². The van der Waals surface area contributed by atoms with Gasteiger partial charge in [0.2, 0.25) is 0 Å². The minimum Gasteiger partial charge on any atom is -0.397 e. The van der Waals surface area contributed by atoms with Gasteiger partial charge in [0.25, 0.3) is 0 Å². The van der Waals surface area contributed by atoms with Gasteiger partial charge in [-0.15, -0.1) is 0 Å². The molecule has 2 rings (SSSR count). The van der Waals surface area contributed by atoms with E-state index in [1.54, 1.807) is 18.4 Å². The fourth-order valence-electron chi connectivity index (χ4n) is 1.48. The van der Waals surface area contributed by atoms with E-state index in [-0.39, 0.29) is 0 Å². The van der Waals surface area contributed by atoms with Crippen LogP contribution in [0.25, 0.3) is 0 Å². The van der Waals surface area contributed by atoms with Gasteiger partial charge in [-0.2, -0.15) is 4.36 Å². The summed E-state index contributed by atoms with van der Waals surface area (Å²) in [7, 11) is -2.44. The summed E-state index contributed by atoms with van der Waals surface area (Å²) in [5.74, 6) is 0. The molecule has 88 valence electrons. The van der Waals surface area contributed by atoms with Gasteiger partial charge in [0.1, 0.15) is 0 Å². The largest absolute Gasteiger partial charge is 0.397 e. The molecule has 0 aliphatic carbocycles. The number of hydrogen-bond donors (Lipinski definition) is 1. The van der Waals surface area contributed by atoms with E-state index in [4.69, 9.17) is 5.73 Å². The number of para-hydroxylation sites is 1. The maximum Gasteiger partial charge on any atom is 0.0962 e. The summed E-state index contributed by atoms with van der Waals surface area (Å²) in [5, 5.41) is 0. The zero-order valence-corrected chi connectivity index (χ0v) is 10.4. The Morgan fingerprint density at radius 3 is 2.24 bits per heavy atom. The molecule has 17 heavy (non-hydrogen) atoms. The highest BCUT2D eigenvalue weighted by Crippen LogP contribution is 2.24. The predicted octanol–water partition coefficient (Wildman–Crippen LogP) is 3.06. The Labute approximate surface area is 101 Å². The third kappa shape index (κ3) is 2.65. The molecule has 2 N–H and O–H groups in total. The number of rotatable bonds is 2. The lowest BCUT2D eigenvalue weighted by Crippen LogP contribution is -1.97. The molecule has 4 heteroatoms. The van der Waals surface area contributed by atoms with Crippen LogP contribution in [0.15, 0.2) is 63.9 Å². The average molecular weight is 246 g/mol. The molecule has 0 bridgehead atoms. The van der Waals surface area contributed by atoms with E-state index in [2.05, 4.69) is 4.36 Å². The summed E-state index contributed by atoms with van der Waals surface area (Å²) in [6.07, 6.45) is 1.62. The van der Waals surface area contributed by atoms with Gasteiger partial charge in [0.05, 0.1) is 21.1 Å². The second-order valence-electron chi connectivity index (χ2n) is 3.77. The summed E-state index contributed by atoms with van der Waals surface area (Å²) in [6.45, 7) is 0. The zero-order chi connectivity index (χ0) is 12.3. The van der Waals surface area contributed by atoms with Crippen LogP contribution in [0.4, 0.5) is 11.4 Å². The monoisotopic (exact) mass is 246 g/mol. The van der Waals surface area contributed by atoms with Gasteiger partial charge in [-0.25, -0.2) is 4.21 Å². The average Bonchev–Trinajstić information content (AvgIpc) is 2.33. The Morgan fingerprint density at radius 2 is 1.59 bits per heavy atom. The molecule has 2 aromatic carbocycles. The molecule has 0 unspecified atom stereocenters. The van der Waals surface area contributed by atoms with Crippen molar-refractivity contribution in [3.05, 3.63) is 54.6 Å². The lowest BCUT2D eigenvalue weighted by molar-refractivity contribution is 0.681. The zero-order valence-electron chi connectivity index (χ0n) is 9.54. The molecule has 0 heterocycles. The fourth-order valence-corrected chi connectivity index (χ4v) is 2.79. The standard InChI is InChI=1S/C13H14N2OS/c1-17(16,11-7-3-2-4-8-11)15-13-10-6-5-9-12(13)14/h2-10H,14H2,1H3/t17-/m0/s1. The molecular formula is C13H14N2OS. The first-order valence-electron chi connectivity index (χ1n) is 5.21. The second-order valence-corrected chi connectivity index (χ2v) is 6.02. The van der Waals surface area contributed by atoms with Crippen LogP contribution in [0.5, 0.6) is 0 Å². The maximum absolute atomic E-state index is 12.5. The molecular weight excluding hydrogens is 232 g/mol. The van der Waals surface area contributed by atoms with Crippen LogP contribution >= 0.6 is 0 Å². The molecule has 0 amide bonds. The fraction of sp³-hybridized carbons (Fsp3) is 0.0769. The smallest absolute Gasteiger partial charge is 0.0962 e. The van der Waals surface area contributed by atoms with E-state index in [0.29, 0.717) is 16.3 Å². The number of nitrogens with two attached hydrogens (primary N) is 1. The SMILES string of the molecule is C[S@@](=O)(=Nc1ccccc1N)c1ccccc1. The van der Waals surface area contributed by atoms with Gasteiger partial charge in [0, 0.05) is 11.2 Å². The topological polar surface area (TPSA) is 55.5 Å². The molecule has 3 nitrogen and oxygen atoms in total. The lowest BCUT2D eigenvalue weighted by Gasteiger charge is -2.05. The molecule has 0 spiro atoms. The summed E-state index contributed by atoms with van der Waals surface area (Å²) in [5.41, 5.74) is 6.90. The minimum atomic E-state index is -2.44. The molecule has 0 aromatic heterocycles. The Morgan fingerprint density at radius 1 is 1.00 bits per heavy atom. The van der Waals surface area contributed by atoms with Crippen molar-refractivity contribution in [3.63, 3.8) is 0 Å². The van der Waals surface area contributed by atoms with Crippen LogP contribution in [-0.2, 0) is 9.73 Å². The molecule has 0 fully saturated rings. The Balaban J connectivity index is 2.54. The highest BCUT2D eigenvalue weighted by Gasteiger charge is 2.06. The van der Waals surface area contributed by atoms with Crippen molar-refractivity contribution in [2.75, 3.05) is 12.0 Å². The van der Waals surface area contributed by atoms with Crippen LogP contribution in [0.3, 0.4) is 0 Å². The summed E-state index contributed by atoms with van der Waals surface area (Å²) >= 11 is 0. The quantitative estimate of drug-likeness (QED) is 0.828. The molecule has 2 aromatic rings. The van der Waals surface area contributed by atoms with Gasteiger partial charge in [-0.05, 0) is 24.3 Å². The van der Waals surface area contributed by atoms with Gasteiger partial charge < -0.3 is 5.73 Å². The van der Waals surface area contributed by atoms with Crippen molar-refractivity contribution in [1.29, 1.82) is 0 Å². The highest BCUT2D eigenvalue weighted by atomic mass is 32.2.